The molecule has 0 aromatic heterocycles. The molecule has 2 fully saturated rings. The molecule has 2 unspecified atom stereocenters. The SMILES string of the molecule is C=CCC1(CC/C=C/C2CCC(Cl)C2)CCC1. The predicted molar refractivity (Wildman–Crippen MR) is 76.5 cm³/mol. The first-order valence-electron chi connectivity index (χ1n) is 7.16. The lowest BCUT2D eigenvalue weighted by molar-refractivity contribution is 0.125. The maximum absolute atomic E-state index is 6.12. The van der Waals surface area contributed by atoms with Crippen molar-refractivity contribution >= 4 is 11.6 Å². The van der Waals surface area contributed by atoms with Gasteiger partial charge in [-0.05, 0) is 62.7 Å². The van der Waals surface area contributed by atoms with E-state index in [1.54, 1.807) is 0 Å². The van der Waals surface area contributed by atoms with Crippen LogP contribution in [0.2, 0.25) is 0 Å². The largest absolute Gasteiger partial charge is 0.123 e. The Kier molecular flexibility index (Phi) is 4.73. The Morgan fingerprint density at radius 1 is 1.29 bits per heavy atom. The zero-order valence-electron chi connectivity index (χ0n) is 10.8. The van der Waals surface area contributed by atoms with Crippen molar-refractivity contribution in [2.75, 3.05) is 0 Å². The lowest BCUT2D eigenvalue weighted by atomic mass is 9.64. The van der Waals surface area contributed by atoms with Crippen LogP contribution in [0.15, 0.2) is 24.8 Å². The van der Waals surface area contributed by atoms with Gasteiger partial charge in [-0.15, -0.1) is 18.2 Å². The average Bonchev–Trinajstić information content (AvgIpc) is 2.66. The molecule has 0 amide bonds. The second kappa shape index (κ2) is 6.09. The molecule has 1 heteroatoms. The van der Waals surface area contributed by atoms with Crippen molar-refractivity contribution < 1.29 is 0 Å². The van der Waals surface area contributed by atoms with Crippen LogP contribution < -0.4 is 0 Å². The lowest BCUT2D eigenvalue weighted by Crippen LogP contribution is -2.28. The van der Waals surface area contributed by atoms with E-state index in [0.717, 1.165) is 5.92 Å². The topological polar surface area (TPSA) is 0 Å². The maximum atomic E-state index is 6.12. The zero-order valence-corrected chi connectivity index (χ0v) is 11.6. The second-order valence-electron chi connectivity index (χ2n) is 5.98. The summed E-state index contributed by atoms with van der Waals surface area (Å²) in [6, 6.07) is 0. The molecule has 0 spiro atoms. The molecule has 2 aliphatic carbocycles. The predicted octanol–water partition coefficient (Wildman–Crippen LogP) is 5.48. The van der Waals surface area contributed by atoms with Crippen LogP contribution in [-0.2, 0) is 0 Å². The Bertz CT molecular complexity index is 275. The molecule has 0 aromatic rings. The molecule has 17 heavy (non-hydrogen) atoms. The van der Waals surface area contributed by atoms with Gasteiger partial charge in [0.2, 0.25) is 0 Å². The maximum Gasteiger partial charge on any atom is 0.0341 e. The number of hydrogen-bond acceptors (Lipinski definition) is 0. The fourth-order valence-electron chi connectivity index (χ4n) is 3.35. The van der Waals surface area contributed by atoms with Crippen LogP contribution >= 0.6 is 11.6 Å². The molecular formula is C16H25Cl. The number of halogens is 1. The summed E-state index contributed by atoms with van der Waals surface area (Å²) in [5, 5.41) is 0.434. The monoisotopic (exact) mass is 252 g/mol. The molecule has 0 radical (unpaired) electrons. The van der Waals surface area contributed by atoms with Crippen LogP contribution in [0.5, 0.6) is 0 Å². The molecule has 2 rings (SSSR count). The highest BCUT2D eigenvalue weighted by atomic mass is 35.5. The van der Waals surface area contributed by atoms with Crippen LogP contribution in [0.4, 0.5) is 0 Å². The quantitative estimate of drug-likeness (QED) is 0.434. The highest BCUT2D eigenvalue weighted by Crippen LogP contribution is 2.48. The molecule has 96 valence electrons. The first kappa shape index (κ1) is 13.2. The number of allylic oxidation sites excluding steroid dienone is 3. The van der Waals surface area contributed by atoms with E-state index in [9.17, 15) is 0 Å². The molecule has 0 nitrogen and oxygen atoms in total. The van der Waals surface area contributed by atoms with Crippen LogP contribution in [0, 0.1) is 11.3 Å². The normalized spacial score (nSPS) is 31.6. The van der Waals surface area contributed by atoms with Gasteiger partial charge < -0.3 is 0 Å². The Balaban J connectivity index is 1.68. The molecule has 0 heterocycles. The summed E-state index contributed by atoms with van der Waals surface area (Å²) >= 11 is 6.12. The average molecular weight is 253 g/mol. The van der Waals surface area contributed by atoms with Gasteiger partial charge >= 0.3 is 0 Å². The number of alkyl halides is 1. The van der Waals surface area contributed by atoms with Crippen LogP contribution in [0.3, 0.4) is 0 Å². The van der Waals surface area contributed by atoms with E-state index in [1.807, 2.05) is 0 Å². The van der Waals surface area contributed by atoms with E-state index >= 15 is 0 Å². The summed E-state index contributed by atoms with van der Waals surface area (Å²) in [6.07, 6.45) is 18.7. The second-order valence-corrected chi connectivity index (χ2v) is 6.60. The van der Waals surface area contributed by atoms with E-state index in [1.165, 1.54) is 57.8 Å². The summed E-state index contributed by atoms with van der Waals surface area (Å²) in [6.45, 7) is 3.89. The molecule has 2 aliphatic rings. The highest BCUT2D eigenvalue weighted by molar-refractivity contribution is 6.20. The molecule has 0 bridgehead atoms. The van der Waals surface area contributed by atoms with Gasteiger partial charge in [0.25, 0.3) is 0 Å². The smallest absolute Gasteiger partial charge is 0.0341 e. The number of rotatable bonds is 6. The molecule has 2 saturated carbocycles. The Morgan fingerprint density at radius 2 is 2.12 bits per heavy atom. The molecule has 0 saturated heterocycles. The van der Waals surface area contributed by atoms with Crippen molar-refractivity contribution in [3.8, 4) is 0 Å². The summed E-state index contributed by atoms with van der Waals surface area (Å²) in [4.78, 5) is 0. The van der Waals surface area contributed by atoms with Gasteiger partial charge in [-0.25, -0.2) is 0 Å². The summed E-state index contributed by atoms with van der Waals surface area (Å²) < 4.78 is 0. The zero-order chi connectivity index (χ0) is 12.1. The molecule has 0 aromatic carbocycles. The lowest BCUT2D eigenvalue weighted by Gasteiger charge is -2.41. The summed E-state index contributed by atoms with van der Waals surface area (Å²) in [5.41, 5.74) is 0.622. The van der Waals surface area contributed by atoms with Gasteiger partial charge in [0.1, 0.15) is 0 Å². The van der Waals surface area contributed by atoms with E-state index in [0.29, 0.717) is 10.8 Å². The third kappa shape index (κ3) is 3.61. The molecular weight excluding hydrogens is 228 g/mol. The Labute approximate surface area is 111 Å². The fraction of sp³-hybridized carbons (Fsp3) is 0.750. The van der Waals surface area contributed by atoms with E-state index in [4.69, 9.17) is 11.6 Å². The minimum Gasteiger partial charge on any atom is -0.123 e. The first-order chi connectivity index (χ1) is 8.24. The molecule has 0 N–H and O–H groups in total. The van der Waals surface area contributed by atoms with E-state index in [-0.39, 0.29) is 0 Å². The standard InChI is InChI=1S/C16H25Cl/c1-2-9-16(11-5-12-16)10-4-3-6-14-7-8-15(17)13-14/h2-3,6,14-15H,1,4-5,7-13H2/b6-3+. The first-order valence-corrected chi connectivity index (χ1v) is 7.59. The van der Waals surface area contributed by atoms with Crippen LogP contribution in [0.25, 0.3) is 0 Å². The van der Waals surface area contributed by atoms with Crippen LogP contribution in [-0.4, -0.2) is 5.38 Å². The van der Waals surface area contributed by atoms with Gasteiger partial charge in [0, 0.05) is 5.38 Å². The van der Waals surface area contributed by atoms with Crippen molar-refractivity contribution in [3.05, 3.63) is 24.8 Å². The third-order valence-corrected chi connectivity index (χ3v) is 5.05. The van der Waals surface area contributed by atoms with Crippen molar-refractivity contribution in [2.24, 2.45) is 11.3 Å². The summed E-state index contributed by atoms with van der Waals surface area (Å²) in [7, 11) is 0. The third-order valence-electron chi connectivity index (χ3n) is 4.65. The highest BCUT2D eigenvalue weighted by Gasteiger charge is 2.34. The minimum atomic E-state index is 0.434. The molecule has 0 aliphatic heterocycles. The van der Waals surface area contributed by atoms with Gasteiger partial charge in [0.15, 0.2) is 0 Å². The van der Waals surface area contributed by atoms with Crippen molar-refractivity contribution in [2.45, 2.75) is 63.2 Å². The van der Waals surface area contributed by atoms with Gasteiger partial charge in [-0.3, -0.25) is 0 Å². The molecule has 2 atom stereocenters. The van der Waals surface area contributed by atoms with Crippen molar-refractivity contribution in [3.63, 3.8) is 0 Å². The van der Waals surface area contributed by atoms with E-state index < -0.39 is 0 Å². The fourth-order valence-corrected chi connectivity index (χ4v) is 3.71. The Hall–Kier alpha value is -0.230. The van der Waals surface area contributed by atoms with E-state index in [2.05, 4.69) is 24.8 Å². The van der Waals surface area contributed by atoms with Crippen molar-refractivity contribution in [1.82, 2.24) is 0 Å². The van der Waals surface area contributed by atoms with Gasteiger partial charge in [-0.1, -0.05) is 24.6 Å². The minimum absolute atomic E-state index is 0.434. The van der Waals surface area contributed by atoms with Crippen LogP contribution in [0.1, 0.15) is 57.8 Å². The van der Waals surface area contributed by atoms with Crippen molar-refractivity contribution in [1.29, 1.82) is 0 Å². The Morgan fingerprint density at radius 3 is 2.65 bits per heavy atom. The van der Waals surface area contributed by atoms with Gasteiger partial charge in [0.05, 0.1) is 0 Å². The number of hydrogen-bond donors (Lipinski definition) is 0. The summed E-state index contributed by atoms with van der Waals surface area (Å²) in [5.74, 6) is 0.759. The van der Waals surface area contributed by atoms with Gasteiger partial charge in [-0.2, -0.15) is 0 Å².